The molecule has 0 spiro atoms. The topological polar surface area (TPSA) is 0 Å². The average molecular weight is 213 g/mol. The van der Waals surface area contributed by atoms with Crippen LogP contribution in [0.5, 0.6) is 0 Å². The molecule has 0 aromatic rings. The van der Waals surface area contributed by atoms with Crippen molar-refractivity contribution in [2.24, 2.45) is 11.8 Å². The highest BCUT2D eigenvalue weighted by Gasteiger charge is 2.23. The van der Waals surface area contributed by atoms with Crippen LogP contribution in [0.4, 0.5) is 0 Å². The van der Waals surface area contributed by atoms with E-state index in [1.54, 1.807) is 0 Å². The van der Waals surface area contributed by atoms with Gasteiger partial charge in [0.2, 0.25) is 0 Å². The Labute approximate surface area is 92.7 Å². The van der Waals surface area contributed by atoms with Gasteiger partial charge < -0.3 is 0 Å². The van der Waals surface area contributed by atoms with Gasteiger partial charge in [-0.15, -0.1) is 11.6 Å². The summed E-state index contributed by atoms with van der Waals surface area (Å²) in [4.78, 5) is 0. The molecule has 2 atom stereocenters. The predicted molar refractivity (Wildman–Crippen MR) is 62.7 cm³/mol. The second-order valence-corrected chi connectivity index (χ2v) is 5.45. The van der Waals surface area contributed by atoms with Crippen molar-refractivity contribution in [3.05, 3.63) is 12.2 Å². The lowest BCUT2D eigenvalue weighted by Crippen LogP contribution is -2.17. The lowest BCUT2D eigenvalue weighted by atomic mass is 9.80. The molecule has 2 aliphatic carbocycles. The molecule has 1 saturated carbocycles. The van der Waals surface area contributed by atoms with Gasteiger partial charge in [0.25, 0.3) is 0 Å². The van der Waals surface area contributed by atoms with Gasteiger partial charge in [0.15, 0.2) is 0 Å². The van der Waals surface area contributed by atoms with Gasteiger partial charge in [0.05, 0.1) is 5.38 Å². The first-order valence-electron chi connectivity index (χ1n) is 6.18. The molecule has 2 unspecified atom stereocenters. The molecule has 0 aromatic carbocycles. The Morgan fingerprint density at radius 3 is 2.07 bits per heavy atom. The number of hydrogen-bond donors (Lipinski definition) is 0. The van der Waals surface area contributed by atoms with Crippen molar-refractivity contribution < 1.29 is 0 Å². The maximum absolute atomic E-state index is 6.07. The Bertz CT molecular complexity index is 189. The minimum absolute atomic E-state index is 0.317. The molecule has 2 rings (SSSR count). The molecular weight excluding hydrogens is 192 g/mol. The van der Waals surface area contributed by atoms with Crippen molar-refractivity contribution in [3.8, 4) is 0 Å². The summed E-state index contributed by atoms with van der Waals surface area (Å²) in [5.41, 5.74) is 0. The fraction of sp³-hybridized carbons (Fsp3) is 0.846. The smallest absolute Gasteiger partial charge is 0.0516 e. The fourth-order valence-corrected chi connectivity index (χ4v) is 3.15. The molecule has 0 saturated heterocycles. The van der Waals surface area contributed by atoms with E-state index in [1.807, 2.05) is 0 Å². The maximum atomic E-state index is 6.07. The van der Waals surface area contributed by atoms with Crippen molar-refractivity contribution in [2.75, 3.05) is 0 Å². The highest BCUT2D eigenvalue weighted by Crippen LogP contribution is 2.35. The van der Waals surface area contributed by atoms with E-state index in [4.69, 9.17) is 11.6 Å². The summed E-state index contributed by atoms with van der Waals surface area (Å²) in [5.74, 6) is 1.82. The van der Waals surface area contributed by atoms with E-state index >= 15 is 0 Å². The van der Waals surface area contributed by atoms with Crippen LogP contribution < -0.4 is 0 Å². The zero-order chi connectivity index (χ0) is 9.80. The zero-order valence-electron chi connectivity index (χ0n) is 8.92. The molecule has 0 N–H and O–H groups in total. The molecule has 14 heavy (non-hydrogen) atoms. The van der Waals surface area contributed by atoms with Crippen molar-refractivity contribution in [3.63, 3.8) is 0 Å². The molecule has 80 valence electrons. The Hall–Kier alpha value is 0.0300. The van der Waals surface area contributed by atoms with Gasteiger partial charge in [-0.3, -0.25) is 0 Å². The molecule has 0 amide bonds. The van der Waals surface area contributed by atoms with Crippen LogP contribution in [0.15, 0.2) is 12.2 Å². The lowest BCUT2D eigenvalue weighted by molar-refractivity contribution is 0.322. The Balaban J connectivity index is 1.90. The summed E-state index contributed by atoms with van der Waals surface area (Å²) in [6, 6.07) is 0. The number of halogens is 1. The first-order valence-corrected chi connectivity index (χ1v) is 6.62. The Kier molecular flexibility index (Phi) is 3.92. The quantitative estimate of drug-likeness (QED) is 0.340. The van der Waals surface area contributed by atoms with E-state index in [1.165, 1.54) is 51.4 Å². The molecule has 1 heteroatoms. The summed E-state index contributed by atoms with van der Waals surface area (Å²) >= 11 is 6.07. The molecule has 1 fully saturated rings. The monoisotopic (exact) mass is 212 g/mol. The second-order valence-electron chi connectivity index (χ2n) is 4.89. The van der Waals surface area contributed by atoms with Crippen LogP contribution >= 0.6 is 11.6 Å². The molecule has 0 bridgehead atoms. The minimum Gasteiger partial charge on any atom is -0.118 e. The van der Waals surface area contributed by atoms with Crippen molar-refractivity contribution in [1.29, 1.82) is 0 Å². The molecular formula is C13H21Cl. The van der Waals surface area contributed by atoms with E-state index in [-0.39, 0.29) is 0 Å². The Morgan fingerprint density at radius 2 is 1.50 bits per heavy atom. The minimum atomic E-state index is 0.317. The van der Waals surface area contributed by atoms with Gasteiger partial charge >= 0.3 is 0 Å². The summed E-state index contributed by atoms with van der Waals surface area (Å²) in [5, 5.41) is 0.317. The van der Waals surface area contributed by atoms with Crippen LogP contribution in [0.25, 0.3) is 0 Å². The van der Waals surface area contributed by atoms with Crippen molar-refractivity contribution in [2.45, 2.75) is 56.7 Å². The van der Waals surface area contributed by atoms with Crippen LogP contribution in [-0.4, -0.2) is 5.38 Å². The van der Waals surface area contributed by atoms with Crippen molar-refractivity contribution >= 4 is 11.6 Å². The van der Waals surface area contributed by atoms with Gasteiger partial charge in [-0.1, -0.05) is 37.8 Å². The van der Waals surface area contributed by atoms with Gasteiger partial charge in [-0.25, -0.2) is 0 Å². The van der Waals surface area contributed by atoms with Crippen LogP contribution in [0.1, 0.15) is 51.4 Å². The van der Waals surface area contributed by atoms with E-state index in [9.17, 15) is 0 Å². The van der Waals surface area contributed by atoms with Gasteiger partial charge in [-0.05, 0) is 37.5 Å². The van der Waals surface area contributed by atoms with Crippen molar-refractivity contribution in [1.82, 2.24) is 0 Å². The first-order chi connectivity index (χ1) is 6.86. The van der Waals surface area contributed by atoms with E-state index < -0.39 is 0 Å². The standard InChI is InChI=1S/C13H21Cl/c14-13-9-7-12(8-10-13)11-5-3-1-2-4-6-11/h7,9,11-13H,1-6,8,10H2. The normalized spacial score (nSPS) is 35.5. The lowest BCUT2D eigenvalue weighted by Gasteiger charge is -2.27. The summed E-state index contributed by atoms with van der Waals surface area (Å²) in [7, 11) is 0. The molecule has 0 nitrogen and oxygen atoms in total. The number of alkyl halides is 1. The van der Waals surface area contributed by atoms with E-state index in [0.717, 1.165) is 11.8 Å². The summed E-state index contributed by atoms with van der Waals surface area (Å²) in [6.45, 7) is 0. The van der Waals surface area contributed by atoms with Gasteiger partial charge in [-0.2, -0.15) is 0 Å². The average Bonchev–Trinajstić information content (AvgIpc) is 2.47. The molecule has 0 radical (unpaired) electrons. The molecule has 0 heterocycles. The molecule has 2 aliphatic rings. The highest BCUT2D eigenvalue weighted by atomic mass is 35.5. The SMILES string of the molecule is ClC1C=CC(C2CCCCCC2)CC1. The largest absolute Gasteiger partial charge is 0.118 e. The van der Waals surface area contributed by atoms with Crippen LogP contribution in [0, 0.1) is 11.8 Å². The van der Waals surface area contributed by atoms with Crippen LogP contribution in [-0.2, 0) is 0 Å². The van der Waals surface area contributed by atoms with E-state index in [2.05, 4.69) is 12.2 Å². The molecule has 0 aromatic heterocycles. The van der Waals surface area contributed by atoms with Gasteiger partial charge in [0.1, 0.15) is 0 Å². The third-order valence-electron chi connectivity index (χ3n) is 3.85. The number of hydrogen-bond acceptors (Lipinski definition) is 0. The summed E-state index contributed by atoms with van der Waals surface area (Å²) < 4.78 is 0. The first kappa shape index (κ1) is 10.5. The third kappa shape index (κ3) is 2.76. The Morgan fingerprint density at radius 1 is 0.786 bits per heavy atom. The molecule has 0 aliphatic heterocycles. The zero-order valence-corrected chi connectivity index (χ0v) is 9.68. The summed E-state index contributed by atoms with van der Waals surface area (Å²) in [6.07, 6.45) is 15.9. The van der Waals surface area contributed by atoms with Gasteiger partial charge in [0, 0.05) is 0 Å². The number of allylic oxidation sites excluding steroid dienone is 2. The number of rotatable bonds is 1. The predicted octanol–water partition coefficient (Wildman–Crippen LogP) is 4.53. The maximum Gasteiger partial charge on any atom is 0.0516 e. The van der Waals surface area contributed by atoms with Crippen LogP contribution in [0.2, 0.25) is 0 Å². The second kappa shape index (κ2) is 5.21. The van der Waals surface area contributed by atoms with Crippen LogP contribution in [0.3, 0.4) is 0 Å². The van der Waals surface area contributed by atoms with E-state index in [0.29, 0.717) is 5.38 Å². The highest BCUT2D eigenvalue weighted by molar-refractivity contribution is 6.21. The third-order valence-corrected chi connectivity index (χ3v) is 4.21. The fourth-order valence-electron chi connectivity index (χ4n) is 2.94.